The predicted molar refractivity (Wildman–Crippen MR) is 64.2 cm³/mol. The number of aryl methyl sites for hydroxylation is 1. The van der Waals surface area contributed by atoms with Crippen LogP contribution in [0.25, 0.3) is 0 Å². The molecule has 5 heteroatoms. The molecule has 1 amide bonds. The van der Waals surface area contributed by atoms with Crippen LogP contribution in [-0.2, 0) is 11.3 Å². The first-order chi connectivity index (χ1) is 7.63. The highest BCUT2D eigenvalue weighted by Crippen LogP contribution is 2.02. The number of aromatic nitrogens is 2. The van der Waals surface area contributed by atoms with Crippen molar-refractivity contribution < 1.29 is 4.79 Å². The summed E-state index contributed by atoms with van der Waals surface area (Å²) in [4.78, 5) is 15.6. The minimum Gasteiger partial charge on any atom is -0.354 e. The van der Waals surface area contributed by atoms with Crippen LogP contribution in [0.2, 0.25) is 0 Å². The number of imidazole rings is 1. The molecule has 0 spiro atoms. The molecular weight excluding hydrogens is 204 g/mol. The van der Waals surface area contributed by atoms with Gasteiger partial charge in [-0.15, -0.1) is 0 Å². The van der Waals surface area contributed by atoms with Crippen LogP contribution in [-0.4, -0.2) is 28.5 Å². The summed E-state index contributed by atoms with van der Waals surface area (Å²) < 4.78 is 1.95. The molecule has 0 unspecified atom stereocenters. The zero-order valence-corrected chi connectivity index (χ0v) is 10.2. The third-order valence-corrected chi connectivity index (χ3v) is 2.17. The van der Waals surface area contributed by atoms with Crippen molar-refractivity contribution in [2.75, 3.05) is 18.4 Å². The number of nitrogens with one attached hydrogen (secondary N) is 2. The Morgan fingerprint density at radius 2 is 2.31 bits per heavy atom. The fourth-order valence-electron chi connectivity index (χ4n) is 1.27. The van der Waals surface area contributed by atoms with Gasteiger partial charge in [0.25, 0.3) is 0 Å². The molecule has 0 aliphatic rings. The largest absolute Gasteiger partial charge is 0.354 e. The Morgan fingerprint density at radius 3 is 2.94 bits per heavy atom. The lowest BCUT2D eigenvalue weighted by molar-refractivity contribution is -0.119. The normalized spacial score (nSPS) is 10.5. The molecule has 16 heavy (non-hydrogen) atoms. The molecule has 5 nitrogen and oxygen atoms in total. The zero-order valence-electron chi connectivity index (χ0n) is 10.2. The predicted octanol–water partition coefficient (Wildman–Crippen LogP) is 1.09. The average Bonchev–Trinajstić information content (AvgIpc) is 2.70. The second-order valence-corrected chi connectivity index (χ2v) is 4.09. The van der Waals surface area contributed by atoms with Gasteiger partial charge in [0.2, 0.25) is 11.9 Å². The highest BCUT2D eigenvalue weighted by atomic mass is 16.1. The zero-order chi connectivity index (χ0) is 12.0. The molecule has 0 saturated carbocycles. The highest BCUT2D eigenvalue weighted by molar-refractivity contribution is 5.80. The Morgan fingerprint density at radius 1 is 1.56 bits per heavy atom. The van der Waals surface area contributed by atoms with Crippen molar-refractivity contribution >= 4 is 11.9 Å². The molecule has 0 atom stereocenters. The molecule has 0 aliphatic heterocycles. The van der Waals surface area contributed by atoms with Crippen LogP contribution in [0.3, 0.4) is 0 Å². The minimum atomic E-state index is -0.000599. The third-order valence-electron chi connectivity index (χ3n) is 2.17. The van der Waals surface area contributed by atoms with Crippen LogP contribution in [0.5, 0.6) is 0 Å². The molecule has 1 aromatic heterocycles. The van der Waals surface area contributed by atoms with Crippen molar-refractivity contribution in [3.05, 3.63) is 12.4 Å². The van der Waals surface area contributed by atoms with Crippen LogP contribution in [0.1, 0.15) is 20.8 Å². The fraction of sp³-hybridized carbons (Fsp3) is 0.636. The molecule has 0 aliphatic carbocycles. The summed E-state index contributed by atoms with van der Waals surface area (Å²) in [5.74, 6) is 1.21. The summed E-state index contributed by atoms with van der Waals surface area (Å²) in [6, 6.07) is 0. The van der Waals surface area contributed by atoms with Crippen LogP contribution in [0.4, 0.5) is 5.95 Å². The molecule has 0 fully saturated rings. The molecule has 1 heterocycles. The van der Waals surface area contributed by atoms with E-state index in [1.54, 1.807) is 6.20 Å². The summed E-state index contributed by atoms with van der Waals surface area (Å²) in [5.41, 5.74) is 0. The highest BCUT2D eigenvalue weighted by Gasteiger charge is 2.04. The number of carbonyl (C=O) groups is 1. The van der Waals surface area contributed by atoms with Gasteiger partial charge >= 0.3 is 0 Å². The van der Waals surface area contributed by atoms with Crippen molar-refractivity contribution in [2.24, 2.45) is 5.92 Å². The van der Waals surface area contributed by atoms with Crippen molar-refractivity contribution in [3.63, 3.8) is 0 Å². The Hall–Kier alpha value is -1.52. The van der Waals surface area contributed by atoms with Crippen LogP contribution in [0, 0.1) is 5.92 Å². The summed E-state index contributed by atoms with van der Waals surface area (Å²) in [6.07, 6.45) is 3.60. The Kier molecular flexibility index (Phi) is 4.82. The monoisotopic (exact) mass is 224 g/mol. The van der Waals surface area contributed by atoms with E-state index in [2.05, 4.69) is 29.5 Å². The van der Waals surface area contributed by atoms with Crippen molar-refractivity contribution in [1.82, 2.24) is 14.9 Å². The molecule has 1 rings (SSSR count). The maximum absolute atomic E-state index is 11.4. The molecule has 1 aromatic rings. The van der Waals surface area contributed by atoms with E-state index in [9.17, 15) is 4.79 Å². The first-order valence-corrected chi connectivity index (χ1v) is 5.65. The maximum atomic E-state index is 11.4. The molecule has 0 bridgehead atoms. The van der Waals surface area contributed by atoms with Gasteiger partial charge in [-0.1, -0.05) is 13.8 Å². The number of nitrogens with zero attached hydrogens (tertiary/aromatic N) is 2. The summed E-state index contributed by atoms with van der Waals surface area (Å²) in [5, 5.41) is 5.85. The number of anilines is 1. The fourth-order valence-corrected chi connectivity index (χ4v) is 1.27. The summed E-state index contributed by atoms with van der Waals surface area (Å²) in [7, 11) is 0. The summed E-state index contributed by atoms with van der Waals surface area (Å²) in [6.45, 7) is 7.99. The molecule has 0 aromatic carbocycles. The average molecular weight is 224 g/mol. The number of rotatable bonds is 6. The smallest absolute Gasteiger partial charge is 0.239 e. The van der Waals surface area contributed by atoms with Gasteiger partial charge in [0, 0.05) is 25.5 Å². The first kappa shape index (κ1) is 12.5. The van der Waals surface area contributed by atoms with E-state index < -0.39 is 0 Å². The lowest BCUT2D eigenvalue weighted by Gasteiger charge is -2.09. The van der Waals surface area contributed by atoms with E-state index in [1.165, 1.54) is 0 Å². The molecule has 0 radical (unpaired) electrons. The van der Waals surface area contributed by atoms with Crippen LogP contribution in [0.15, 0.2) is 12.4 Å². The van der Waals surface area contributed by atoms with E-state index >= 15 is 0 Å². The lowest BCUT2D eigenvalue weighted by Crippen LogP contribution is -2.33. The first-order valence-electron chi connectivity index (χ1n) is 5.65. The molecular formula is C11H20N4O. The molecule has 0 saturated heterocycles. The van der Waals surface area contributed by atoms with Gasteiger partial charge < -0.3 is 15.2 Å². The van der Waals surface area contributed by atoms with Gasteiger partial charge in [0.05, 0.1) is 6.54 Å². The van der Waals surface area contributed by atoms with E-state index in [1.807, 2.05) is 17.7 Å². The van der Waals surface area contributed by atoms with Crippen LogP contribution < -0.4 is 10.6 Å². The standard InChI is InChI=1S/C11H20N4O/c1-4-15-6-5-12-11(15)14-8-10(16)13-7-9(2)3/h5-6,9H,4,7-8H2,1-3H3,(H,12,14)(H,13,16). The van der Waals surface area contributed by atoms with E-state index in [4.69, 9.17) is 0 Å². The SMILES string of the molecule is CCn1ccnc1NCC(=O)NCC(C)C. The van der Waals surface area contributed by atoms with Crippen molar-refractivity contribution in [1.29, 1.82) is 0 Å². The number of amides is 1. The maximum Gasteiger partial charge on any atom is 0.239 e. The van der Waals surface area contributed by atoms with Gasteiger partial charge in [-0.05, 0) is 12.8 Å². The van der Waals surface area contributed by atoms with E-state index in [-0.39, 0.29) is 12.5 Å². The van der Waals surface area contributed by atoms with Gasteiger partial charge in [-0.25, -0.2) is 4.98 Å². The second-order valence-electron chi connectivity index (χ2n) is 4.09. The second kappa shape index (κ2) is 6.15. The minimum absolute atomic E-state index is 0.000599. The van der Waals surface area contributed by atoms with Crippen LogP contribution >= 0.6 is 0 Å². The Bertz CT molecular complexity index is 332. The van der Waals surface area contributed by atoms with Crippen molar-refractivity contribution in [2.45, 2.75) is 27.3 Å². The van der Waals surface area contributed by atoms with Crippen molar-refractivity contribution in [3.8, 4) is 0 Å². The van der Waals surface area contributed by atoms with E-state index in [0.29, 0.717) is 12.5 Å². The van der Waals surface area contributed by atoms with E-state index in [0.717, 1.165) is 12.5 Å². The number of hydrogen-bond acceptors (Lipinski definition) is 3. The lowest BCUT2D eigenvalue weighted by atomic mass is 10.2. The Labute approximate surface area is 96.3 Å². The van der Waals surface area contributed by atoms with Gasteiger partial charge in [-0.3, -0.25) is 4.79 Å². The topological polar surface area (TPSA) is 59.0 Å². The summed E-state index contributed by atoms with van der Waals surface area (Å²) >= 11 is 0. The van der Waals surface area contributed by atoms with Gasteiger partial charge in [0.1, 0.15) is 0 Å². The quantitative estimate of drug-likeness (QED) is 0.760. The molecule has 90 valence electrons. The number of carbonyl (C=O) groups excluding carboxylic acids is 1. The number of hydrogen-bond donors (Lipinski definition) is 2. The van der Waals surface area contributed by atoms with Gasteiger partial charge in [0.15, 0.2) is 0 Å². The molecule has 2 N–H and O–H groups in total. The van der Waals surface area contributed by atoms with Gasteiger partial charge in [-0.2, -0.15) is 0 Å². The Balaban J connectivity index is 2.31. The third kappa shape index (κ3) is 3.92.